The molecule has 1 atom stereocenters. The summed E-state index contributed by atoms with van der Waals surface area (Å²) in [7, 11) is 0. The molecule has 2 aromatic carbocycles. The third-order valence-corrected chi connectivity index (χ3v) is 5.43. The maximum Gasteiger partial charge on any atom is 0.248 e. The number of hydrogen-bond donors (Lipinski definition) is 1. The van der Waals surface area contributed by atoms with Crippen molar-refractivity contribution in [2.75, 3.05) is 6.61 Å². The fourth-order valence-corrected chi connectivity index (χ4v) is 3.95. The van der Waals surface area contributed by atoms with Crippen LogP contribution in [0.4, 0.5) is 4.39 Å². The maximum absolute atomic E-state index is 15.1. The van der Waals surface area contributed by atoms with E-state index in [1.807, 2.05) is 26.0 Å². The van der Waals surface area contributed by atoms with Gasteiger partial charge in [0.15, 0.2) is 17.3 Å². The molecule has 0 spiro atoms. The summed E-state index contributed by atoms with van der Waals surface area (Å²) < 4.78 is 27.0. The average molecular weight is 434 g/mol. The summed E-state index contributed by atoms with van der Waals surface area (Å²) >= 11 is 0. The van der Waals surface area contributed by atoms with Crippen LogP contribution in [0.15, 0.2) is 42.5 Å². The van der Waals surface area contributed by atoms with Crippen LogP contribution in [-0.2, 0) is 0 Å². The highest BCUT2D eigenvalue weighted by Gasteiger charge is 2.28. The minimum absolute atomic E-state index is 0.00884. The summed E-state index contributed by atoms with van der Waals surface area (Å²) in [4.78, 5) is 28.1. The highest BCUT2D eigenvalue weighted by atomic mass is 19.1. The zero-order valence-corrected chi connectivity index (χ0v) is 18.1. The minimum Gasteiger partial charge on any atom is -0.492 e. The molecule has 7 heteroatoms. The molecule has 0 saturated carbocycles. The molecule has 4 rings (SSSR count). The monoisotopic (exact) mass is 434 g/mol. The minimum atomic E-state index is -0.692. The van der Waals surface area contributed by atoms with Crippen molar-refractivity contribution >= 4 is 11.7 Å². The smallest absolute Gasteiger partial charge is 0.248 e. The van der Waals surface area contributed by atoms with Gasteiger partial charge < -0.3 is 15.2 Å². The number of primary amides is 1. The van der Waals surface area contributed by atoms with E-state index < -0.39 is 17.8 Å². The molecule has 0 bridgehead atoms. The number of carbonyl (C=O) groups excluding carboxylic acids is 2. The van der Waals surface area contributed by atoms with Gasteiger partial charge in [0.05, 0.1) is 12.2 Å². The van der Waals surface area contributed by atoms with Crippen LogP contribution in [-0.4, -0.2) is 23.3 Å². The number of fused-ring (bicyclic) bond motifs is 1. The van der Waals surface area contributed by atoms with Crippen LogP contribution in [0, 0.1) is 26.6 Å². The average Bonchev–Trinajstić information content (AvgIpc) is 2.74. The number of aromatic nitrogens is 1. The topological polar surface area (TPSA) is 91.5 Å². The van der Waals surface area contributed by atoms with Crippen molar-refractivity contribution < 1.29 is 23.5 Å². The third kappa shape index (κ3) is 4.06. The molecule has 0 saturated heterocycles. The van der Waals surface area contributed by atoms with Gasteiger partial charge in [0, 0.05) is 34.5 Å². The van der Waals surface area contributed by atoms with Crippen molar-refractivity contribution in [3.63, 3.8) is 0 Å². The quantitative estimate of drug-likeness (QED) is 0.644. The summed E-state index contributed by atoms with van der Waals surface area (Å²) in [5.74, 6) is -0.972. The standard InChI is InChI=1S/C25H23FN2O4/c1-13-10-18(11-14(2)28-13)24(16-4-6-17(7-5-16)25(27)30)32-23-15(3)22-19(12-20(23)26)21(29)8-9-31-22/h4-7,10-12,24H,8-9H2,1-3H3,(H2,27,30). The Labute approximate surface area is 185 Å². The molecule has 1 aromatic heterocycles. The summed E-state index contributed by atoms with van der Waals surface area (Å²) in [5, 5.41) is 0. The number of nitrogens with two attached hydrogens (primary N) is 1. The second kappa shape index (κ2) is 8.42. The lowest BCUT2D eigenvalue weighted by Gasteiger charge is -2.25. The van der Waals surface area contributed by atoms with E-state index in [0.29, 0.717) is 22.4 Å². The third-order valence-electron chi connectivity index (χ3n) is 5.43. The number of amides is 1. The Hall–Kier alpha value is -3.74. The van der Waals surface area contributed by atoms with Crippen LogP contribution in [0.25, 0.3) is 0 Å². The normalized spacial score (nSPS) is 13.8. The first-order chi connectivity index (χ1) is 15.2. The number of Topliss-reactive ketones (excluding diaryl/α,β-unsaturated/α-hetero) is 1. The second-order valence-electron chi connectivity index (χ2n) is 7.88. The number of aryl methyl sites for hydroxylation is 2. The lowest BCUT2D eigenvalue weighted by Crippen LogP contribution is -2.18. The van der Waals surface area contributed by atoms with Gasteiger partial charge >= 0.3 is 0 Å². The van der Waals surface area contributed by atoms with E-state index in [-0.39, 0.29) is 30.1 Å². The van der Waals surface area contributed by atoms with E-state index in [4.69, 9.17) is 15.2 Å². The lowest BCUT2D eigenvalue weighted by atomic mass is 9.98. The zero-order chi connectivity index (χ0) is 23.0. The molecule has 1 amide bonds. The number of ketones is 1. The summed E-state index contributed by atoms with van der Waals surface area (Å²) in [5.41, 5.74) is 9.43. The van der Waals surface area contributed by atoms with Crippen LogP contribution in [0.3, 0.4) is 0 Å². The summed E-state index contributed by atoms with van der Waals surface area (Å²) in [6, 6.07) is 11.6. The van der Waals surface area contributed by atoms with Crippen molar-refractivity contribution in [2.24, 2.45) is 5.73 Å². The van der Waals surface area contributed by atoms with Crippen LogP contribution >= 0.6 is 0 Å². The first-order valence-corrected chi connectivity index (χ1v) is 10.3. The molecule has 1 aliphatic heterocycles. The zero-order valence-electron chi connectivity index (χ0n) is 18.1. The number of nitrogens with zero attached hydrogens (tertiary/aromatic N) is 1. The molecule has 3 aromatic rings. The van der Waals surface area contributed by atoms with Gasteiger partial charge in [-0.25, -0.2) is 4.39 Å². The first kappa shape index (κ1) is 21.5. The van der Waals surface area contributed by atoms with Gasteiger partial charge in [0.1, 0.15) is 11.9 Å². The van der Waals surface area contributed by atoms with E-state index in [1.165, 1.54) is 6.07 Å². The summed E-state index contributed by atoms with van der Waals surface area (Å²) in [6.45, 7) is 5.66. The molecular weight excluding hydrogens is 411 g/mol. The molecule has 0 fully saturated rings. The van der Waals surface area contributed by atoms with Gasteiger partial charge in [0.25, 0.3) is 0 Å². The van der Waals surface area contributed by atoms with Gasteiger partial charge in [0.2, 0.25) is 5.91 Å². The van der Waals surface area contributed by atoms with E-state index in [1.54, 1.807) is 31.2 Å². The number of rotatable bonds is 5. The fourth-order valence-electron chi connectivity index (χ4n) is 3.95. The Morgan fingerprint density at radius 3 is 2.38 bits per heavy atom. The largest absolute Gasteiger partial charge is 0.492 e. The van der Waals surface area contributed by atoms with Crippen LogP contribution in [0.5, 0.6) is 11.5 Å². The fraction of sp³-hybridized carbons (Fsp3) is 0.240. The Morgan fingerprint density at radius 2 is 1.75 bits per heavy atom. The highest BCUT2D eigenvalue weighted by molar-refractivity contribution is 6.00. The first-order valence-electron chi connectivity index (χ1n) is 10.3. The lowest BCUT2D eigenvalue weighted by molar-refractivity contribution is 0.0930. The molecule has 1 unspecified atom stereocenters. The van der Waals surface area contributed by atoms with E-state index >= 15 is 4.39 Å². The van der Waals surface area contributed by atoms with Crippen molar-refractivity contribution in [1.29, 1.82) is 0 Å². The number of benzene rings is 2. The maximum atomic E-state index is 15.1. The van der Waals surface area contributed by atoms with E-state index in [0.717, 1.165) is 17.0 Å². The number of pyridine rings is 1. The molecular formula is C25H23FN2O4. The molecule has 2 N–H and O–H groups in total. The van der Waals surface area contributed by atoms with Crippen molar-refractivity contribution in [2.45, 2.75) is 33.3 Å². The SMILES string of the molecule is Cc1cc(C(Oc2c(F)cc3c(c2C)OCCC3=O)c2ccc(C(N)=O)cc2)cc(C)n1. The molecule has 2 heterocycles. The van der Waals surface area contributed by atoms with Gasteiger partial charge in [-0.2, -0.15) is 0 Å². The predicted molar refractivity (Wildman–Crippen MR) is 117 cm³/mol. The molecule has 0 aliphatic carbocycles. The second-order valence-corrected chi connectivity index (χ2v) is 7.88. The molecule has 0 radical (unpaired) electrons. The Balaban J connectivity index is 1.83. The number of hydrogen-bond acceptors (Lipinski definition) is 5. The number of carbonyl (C=O) groups is 2. The Morgan fingerprint density at radius 1 is 1.09 bits per heavy atom. The predicted octanol–water partition coefficient (Wildman–Crippen LogP) is 4.38. The van der Waals surface area contributed by atoms with Gasteiger partial charge in [-0.1, -0.05) is 12.1 Å². The molecule has 32 heavy (non-hydrogen) atoms. The van der Waals surface area contributed by atoms with Gasteiger partial charge in [-0.3, -0.25) is 14.6 Å². The Kier molecular flexibility index (Phi) is 5.65. The Bertz CT molecular complexity index is 1200. The van der Waals surface area contributed by atoms with E-state index in [2.05, 4.69) is 4.98 Å². The van der Waals surface area contributed by atoms with E-state index in [9.17, 15) is 9.59 Å². The molecule has 1 aliphatic rings. The highest BCUT2D eigenvalue weighted by Crippen LogP contribution is 2.40. The molecule has 164 valence electrons. The number of halogens is 1. The molecule has 6 nitrogen and oxygen atoms in total. The van der Waals surface area contributed by atoms with Crippen LogP contribution in [0.1, 0.15) is 61.3 Å². The van der Waals surface area contributed by atoms with Crippen molar-refractivity contribution in [3.8, 4) is 11.5 Å². The van der Waals surface area contributed by atoms with Crippen LogP contribution in [0.2, 0.25) is 0 Å². The van der Waals surface area contributed by atoms with Crippen molar-refractivity contribution in [3.05, 3.63) is 87.5 Å². The van der Waals surface area contributed by atoms with Crippen molar-refractivity contribution in [1.82, 2.24) is 4.98 Å². The summed E-state index contributed by atoms with van der Waals surface area (Å²) in [6.07, 6.45) is -0.473. The van der Waals surface area contributed by atoms with Gasteiger partial charge in [-0.15, -0.1) is 0 Å². The number of ether oxygens (including phenoxy) is 2. The van der Waals surface area contributed by atoms with Gasteiger partial charge in [-0.05, 0) is 56.7 Å². The van der Waals surface area contributed by atoms with Crippen LogP contribution < -0.4 is 15.2 Å².